The first-order valence-electron chi connectivity index (χ1n) is 11.0. The molecule has 3 heterocycles. The Morgan fingerprint density at radius 2 is 1.81 bits per heavy atom. The van der Waals surface area contributed by atoms with Crippen molar-refractivity contribution in [3.8, 4) is 0 Å². The van der Waals surface area contributed by atoms with Crippen LogP contribution in [0.3, 0.4) is 0 Å². The number of benzene rings is 2. The quantitative estimate of drug-likeness (QED) is 0.699. The predicted molar refractivity (Wildman–Crippen MR) is 122 cm³/mol. The number of nitrogens with one attached hydrogen (secondary N) is 2. The second kappa shape index (κ2) is 7.42. The third-order valence-corrected chi connectivity index (χ3v) is 7.43. The van der Waals surface area contributed by atoms with E-state index < -0.39 is 17.4 Å². The molecule has 3 aliphatic rings. The predicted octanol–water partition coefficient (Wildman–Crippen LogP) is 3.27. The van der Waals surface area contributed by atoms with Gasteiger partial charge in [0.1, 0.15) is 5.54 Å². The molecular formula is C25H26ClN3O3. The molecule has 0 radical (unpaired) electrons. The van der Waals surface area contributed by atoms with Crippen LogP contribution in [0.5, 0.6) is 0 Å². The summed E-state index contributed by atoms with van der Waals surface area (Å²) in [6.07, 6.45) is 0.582. The van der Waals surface area contributed by atoms with E-state index in [4.69, 9.17) is 11.6 Å². The van der Waals surface area contributed by atoms with Crippen molar-refractivity contribution < 1.29 is 14.4 Å². The number of hydrogen-bond donors (Lipinski definition) is 2. The van der Waals surface area contributed by atoms with E-state index >= 15 is 0 Å². The summed E-state index contributed by atoms with van der Waals surface area (Å²) in [7, 11) is 0. The molecule has 4 atom stereocenters. The highest BCUT2D eigenvalue weighted by Gasteiger charge is 2.70. The van der Waals surface area contributed by atoms with Crippen LogP contribution in [0, 0.1) is 24.7 Å². The molecule has 0 unspecified atom stereocenters. The highest BCUT2D eigenvalue weighted by molar-refractivity contribution is 6.35. The van der Waals surface area contributed by atoms with Crippen molar-refractivity contribution >= 4 is 35.0 Å². The minimum absolute atomic E-state index is 0.0600. The monoisotopic (exact) mass is 451 g/mol. The molecule has 166 valence electrons. The van der Waals surface area contributed by atoms with Gasteiger partial charge < -0.3 is 5.32 Å². The highest BCUT2D eigenvalue weighted by atomic mass is 35.5. The van der Waals surface area contributed by atoms with Gasteiger partial charge in [-0.3, -0.25) is 24.6 Å². The molecule has 2 N–H and O–H groups in total. The zero-order valence-corrected chi connectivity index (χ0v) is 19.1. The van der Waals surface area contributed by atoms with Crippen molar-refractivity contribution in [2.24, 2.45) is 17.8 Å². The lowest BCUT2D eigenvalue weighted by atomic mass is 9.75. The molecule has 3 amide bonds. The van der Waals surface area contributed by atoms with Crippen molar-refractivity contribution in [2.45, 2.75) is 38.8 Å². The summed E-state index contributed by atoms with van der Waals surface area (Å²) in [4.78, 5) is 42.1. The Morgan fingerprint density at radius 1 is 1.09 bits per heavy atom. The number of halogens is 1. The summed E-state index contributed by atoms with van der Waals surface area (Å²) in [6, 6.07) is 13.2. The van der Waals surface area contributed by atoms with Crippen LogP contribution >= 0.6 is 11.6 Å². The van der Waals surface area contributed by atoms with E-state index in [1.165, 1.54) is 4.90 Å². The first kappa shape index (κ1) is 21.2. The molecular weight excluding hydrogens is 426 g/mol. The maximum absolute atomic E-state index is 13.7. The fourth-order valence-electron chi connectivity index (χ4n) is 5.66. The van der Waals surface area contributed by atoms with Crippen molar-refractivity contribution in [3.05, 3.63) is 64.2 Å². The zero-order valence-electron chi connectivity index (χ0n) is 18.3. The van der Waals surface area contributed by atoms with Crippen molar-refractivity contribution in [1.29, 1.82) is 0 Å². The fourth-order valence-corrected chi connectivity index (χ4v) is 5.99. The SMILES string of the molecule is Cc1cc(Cl)c2c(c1)[C@@]1(N[C@@H](C(C)C)[C@H]3C(=O)N(CCc4ccccc4)C(=O)[C@@H]31)C(=O)N2. The molecule has 3 aliphatic heterocycles. The molecule has 32 heavy (non-hydrogen) atoms. The standard InChI is InChI=1S/C25H26ClN3O3/c1-13(2)20-18-19(23(31)29(22(18)30)10-9-15-7-5-4-6-8-15)25(28-20)16-11-14(3)12-17(26)21(16)27-24(25)32/h4-8,11-13,18-20,28H,9-10H2,1-3H3,(H,27,32)/t18-,19+,20-,25-/m0/s1. The number of likely N-dealkylation sites (tertiary alicyclic amines) is 1. The third-order valence-electron chi connectivity index (χ3n) is 7.13. The van der Waals surface area contributed by atoms with E-state index in [0.717, 1.165) is 11.1 Å². The number of hydrogen-bond acceptors (Lipinski definition) is 4. The Labute approximate surface area is 192 Å². The van der Waals surface area contributed by atoms with Gasteiger partial charge in [0.05, 0.1) is 22.5 Å². The van der Waals surface area contributed by atoms with E-state index in [-0.39, 0.29) is 29.7 Å². The first-order chi connectivity index (χ1) is 15.3. The van der Waals surface area contributed by atoms with Gasteiger partial charge in [-0.15, -0.1) is 0 Å². The van der Waals surface area contributed by atoms with E-state index in [0.29, 0.717) is 29.2 Å². The Bertz CT molecular complexity index is 1130. The topological polar surface area (TPSA) is 78.5 Å². The number of fused-ring (bicyclic) bond motifs is 4. The summed E-state index contributed by atoms with van der Waals surface area (Å²) in [5, 5.41) is 6.77. The first-order valence-corrected chi connectivity index (χ1v) is 11.4. The zero-order chi connectivity index (χ0) is 22.8. The Kier molecular flexibility index (Phi) is 4.91. The highest BCUT2D eigenvalue weighted by Crippen LogP contribution is 2.55. The van der Waals surface area contributed by atoms with Crippen LogP contribution in [0.2, 0.25) is 5.02 Å². The summed E-state index contributed by atoms with van der Waals surface area (Å²) < 4.78 is 0. The molecule has 1 spiro atoms. The Hall–Kier alpha value is -2.70. The van der Waals surface area contributed by atoms with E-state index in [1.54, 1.807) is 6.07 Å². The van der Waals surface area contributed by atoms with Gasteiger partial charge in [-0.25, -0.2) is 0 Å². The maximum atomic E-state index is 13.7. The molecule has 5 rings (SSSR count). The molecule has 0 aliphatic carbocycles. The normalized spacial score (nSPS) is 28.6. The lowest BCUT2D eigenvalue weighted by Crippen LogP contribution is -2.54. The van der Waals surface area contributed by atoms with Gasteiger partial charge in [0.25, 0.3) is 0 Å². The number of carbonyl (C=O) groups excluding carboxylic acids is 3. The van der Waals surface area contributed by atoms with Crippen molar-refractivity contribution in [2.75, 3.05) is 11.9 Å². The number of amides is 3. The van der Waals surface area contributed by atoms with E-state index in [9.17, 15) is 14.4 Å². The molecule has 2 aromatic carbocycles. The second-order valence-electron chi connectivity index (χ2n) is 9.41. The van der Waals surface area contributed by atoms with Gasteiger partial charge in [0.15, 0.2) is 0 Å². The number of nitrogens with zero attached hydrogens (tertiary/aromatic N) is 1. The Balaban J connectivity index is 1.58. The second-order valence-corrected chi connectivity index (χ2v) is 9.82. The van der Waals surface area contributed by atoms with Crippen LogP contribution in [0.1, 0.15) is 30.5 Å². The number of anilines is 1. The van der Waals surface area contributed by atoms with Crippen molar-refractivity contribution in [3.63, 3.8) is 0 Å². The number of rotatable bonds is 4. The van der Waals surface area contributed by atoms with Crippen LogP contribution in [0.25, 0.3) is 0 Å². The minimum atomic E-state index is -1.29. The average Bonchev–Trinajstić information content (AvgIpc) is 3.34. The van der Waals surface area contributed by atoms with Gasteiger partial charge in [-0.1, -0.05) is 61.8 Å². The van der Waals surface area contributed by atoms with Crippen molar-refractivity contribution in [1.82, 2.24) is 10.2 Å². The summed E-state index contributed by atoms with van der Waals surface area (Å²) >= 11 is 6.45. The Morgan fingerprint density at radius 3 is 2.50 bits per heavy atom. The van der Waals surface area contributed by atoms with E-state index in [1.807, 2.05) is 57.2 Å². The van der Waals surface area contributed by atoms with Crippen LogP contribution in [-0.2, 0) is 26.3 Å². The summed E-state index contributed by atoms with van der Waals surface area (Å²) in [5.41, 5.74) is 1.86. The van der Waals surface area contributed by atoms with Crippen LogP contribution < -0.4 is 10.6 Å². The van der Waals surface area contributed by atoms with Gasteiger partial charge in [0, 0.05) is 18.2 Å². The van der Waals surface area contributed by atoms with Gasteiger partial charge in [-0.2, -0.15) is 0 Å². The molecule has 0 aromatic heterocycles. The number of carbonyl (C=O) groups is 3. The maximum Gasteiger partial charge on any atom is 0.250 e. The molecule has 0 bridgehead atoms. The molecule has 0 saturated carbocycles. The van der Waals surface area contributed by atoms with Crippen LogP contribution in [0.4, 0.5) is 5.69 Å². The van der Waals surface area contributed by atoms with Gasteiger partial charge in [-0.05, 0) is 36.5 Å². The largest absolute Gasteiger partial charge is 0.323 e. The lowest BCUT2D eigenvalue weighted by molar-refractivity contribution is -0.142. The fraction of sp³-hybridized carbons (Fsp3) is 0.400. The summed E-state index contributed by atoms with van der Waals surface area (Å²) in [6.45, 7) is 6.23. The molecule has 7 heteroatoms. The van der Waals surface area contributed by atoms with Gasteiger partial charge in [0.2, 0.25) is 17.7 Å². The smallest absolute Gasteiger partial charge is 0.250 e. The molecule has 2 aromatic rings. The molecule has 2 fully saturated rings. The van der Waals surface area contributed by atoms with Crippen LogP contribution in [0.15, 0.2) is 42.5 Å². The summed E-state index contributed by atoms with van der Waals surface area (Å²) in [5.74, 6) is -2.12. The van der Waals surface area contributed by atoms with Crippen LogP contribution in [-0.4, -0.2) is 35.2 Å². The van der Waals surface area contributed by atoms with E-state index in [2.05, 4.69) is 10.6 Å². The molecule has 2 saturated heterocycles. The average molecular weight is 452 g/mol. The lowest BCUT2D eigenvalue weighted by Gasteiger charge is -2.30. The minimum Gasteiger partial charge on any atom is -0.323 e. The molecule has 6 nitrogen and oxygen atoms in total. The van der Waals surface area contributed by atoms with Gasteiger partial charge >= 0.3 is 0 Å². The number of aryl methyl sites for hydroxylation is 1. The third kappa shape index (κ3) is 2.86. The number of imide groups is 1.